The van der Waals surface area contributed by atoms with Gasteiger partial charge >= 0.3 is 5.97 Å². The van der Waals surface area contributed by atoms with Crippen LogP contribution in [-0.4, -0.2) is 31.6 Å². The molecule has 2 aromatic rings. The van der Waals surface area contributed by atoms with Gasteiger partial charge in [-0.3, -0.25) is 14.9 Å². The van der Waals surface area contributed by atoms with Crippen molar-refractivity contribution in [2.24, 2.45) is 0 Å². The topological polar surface area (TPSA) is 115 Å². The van der Waals surface area contributed by atoms with Crippen molar-refractivity contribution in [3.05, 3.63) is 51.3 Å². The Morgan fingerprint density at radius 2 is 1.91 bits per heavy atom. The average Bonchev–Trinajstić information content (AvgIpc) is 2.84. The highest BCUT2D eigenvalue weighted by molar-refractivity contribution is 6.05. The van der Waals surface area contributed by atoms with Gasteiger partial charge < -0.3 is 5.11 Å². The Kier molecular flexibility index (Phi) is 4.02. The van der Waals surface area contributed by atoms with Crippen LogP contribution < -0.4 is 0 Å². The van der Waals surface area contributed by atoms with E-state index >= 15 is 0 Å². The number of carbonyl (C=O) groups is 2. The van der Waals surface area contributed by atoms with Crippen LogP contribution in [0.4, 0.5) is 5.69 Å². The van der Waals surface area contributed by atoms with E-state index in [1.54, 1.807) is 13.8 Å². The molecule has 1 heterocycles. The molecule has 0 aliphatic carbocycles. The minimum atomic E-state index is -1.29. The molecule has 1 N–H and O–H groups in total. The van der Waals surface area contributed by atoms with E-state index in [0.29, 0.717) is 11.4 Å². The maximum Gasteiger partial charge on any atom is 0.357 e. The zero-order valence-electron chi connectivity index (χ0n) is 11.9. The second-order valence-electron chi connectivity index (χ2n) is 4.58. The number of nitro benzene ring substituents is 1. The molecule has 0 saturated heterocycles. The second-order valence-corrected chi connectivity index (χ2v) is 4.58. The fourth-order valence-electron chi connectivity index (χ4n) is 2.13. The Labute approximate surface area is 125 Å². The molecule has 0 unspecified atom stereocenters. The lowest BCUT2D eigenvalue weighted by atomic mass is 10.1. The largest absolute Gasteiger partial charge is 0.476 e. The molecule has 114 valence electrons. The van der Waals surface area contributed by atoms with Crippen molar-refractivity contribution in [3.63, 3.8) is 0 Å². The van der Waals surface area contributed by atoms with Crippen LogP contribution in [0.25, 0.3) is 5.69 Å². The van der Waals surface area contributed by atoms with Gasteiger partial charge in [0.25, 0.3) is 5.69 Å². The molecule has 0 saturated carbocycles. The summed E-state index contributed by atoms with van der Waals surface area (Å²) in [6, 6.07) is 5.48. The molecule has 1 aromatic heterocycles. The number of carbonyl (C=O) groups excluding carboxylic acids is 1. The highest BCUT2D eigenvalue weighted by atomic mass is 16.6. The predicted molar refractivity (Wildman–Crippen MR) is 76.5 cm³/mol. The van der Waals surface area contributed by atoms with Crippen LogP contribution in [0.2, 0.25) is 0 Å². The molecular weight excluding hydrogens is 290 g/mol. The molecule has 0 atom stereocenters. The summed E-state index contributed by atoms with van der Waals surface area (Å²) in [6.07, 6.45) is 0.160. The monoisotopic (exact) mass is 303 g/mol. The molecule has 0 fully saturated rings. The van der Waals surface area contributed by atoms with Gasteiger partial charge in [-0.2, -0.15) is 5.10 Å². The van der Waals surface area contributed by atoms with Gasteiger partial charge in [-0.25, -0.2) is 9.48 Å². The third-order valence-electron chi connectivity index (χ3n) is 3.22. The summed E-state index contributed by atoms with van der Waals surface area (Å²) in [6.45, 7) is 3.22. The number of hydrogen-bond acceptors (Lipinski definition) is 5. The van der Waals surface area contributed by atoms with Crippen LogP contribution in [0.3, 0.4) is 0 Å². The molecule has 0 radical (unpaired) electrons. The highest BCUT2D eigenvalue weighted by Gasteiger charge is 2.25. The zero-order chi connectivity index (χ0) is 16.4. The van der Waals surface area contributed by atoms with Crippen LogP contribution >= 0.6 is 0 Å². The fourth-order valence-corrected chi connectivity index (χ4v) is 2.13. The van der Waals surface area contributed by atoms with E-state index in [0.717, 1.165) is 0 Å². The molecule has 8 nitrogen and oxygen atoms in total. The van der Waals surface area contributed by atoms with Crippen molar-refractivity contribution in [3.8, 4) is 5.69 Å². The molecule has 0 spiro atoms. The van der Waals surface area contributed by atoms with Gasteiger partial charge in [0, 0.05) is 18.6 Å². The number of aromatic carboxylic acids is 1. The van der Waals surface area contributed by atoms with Crippen molar-refractivity contribution < 1.29 is 19.6 Å². The molecule has 22 heavy (non-hydrogen) atoms. The van der Waals surface area contributed by atoms with Gasteiger partial charge in [0.15, 0.2) is 11.5 Å². The number of hydrogen-bond donors (Lipinski definition) is 1. The van der Waals surface area contributed by atoms with E-state index in [1.165, 1.54) is 28.9 Å². The minimum Gasteiger partial charge on any atom is -0.476 e. The van der Waals surface area contributed by atoms with Gasteiger partial charge in [0.2, 0.25) is 0 Å². The van der Waals surface area contributed by atoms with E-state index in [2.05, 4.69) is 5.10 Å². The van der Waals surface area contributed by atoms with E-state index in [1.807, 2.05) is 0 Å². The molecule has 0 amide bonds. The molecule has 2 rings (SSSR count). The normalized spacial score (nSPS) is 10.5. The third-order valence-corrected chi connectivity index (χ3v) is 3.22. The van der Waals surface area contributed by atoms with E-state index in [9.17, 15) is 24.8 Å². The SMILES string of the molecule is CCC(=O)c1c(C(=O)O)nn(-c2ccc([N+](=O)[O-])cc2)c1C. The lowest BCUT2D eigenvalue weighted by Crippen LogP contribution is -2.07. The number of nitro groups is 1. The van der Waals surface area contributed by atoms with Crippen LogP contribution in [0.5, 0.6) is 0 Å². The Bertz CT molecular complexity index is 762. The first-order valence-corrected chi connectivity index (χ1v) is 6.47. The molecule has 0 aliphatic rings. The highest BCUT2D eigenvalue weighted by Crippen LogP contribution is 2.22. The molecule has 1 aromatic carbocycles. The predicted octanol–water partition coefficient (Wildman–Crippen LogP) is 2.38. The van der Waals surface area contributed by atoms with Crippen LogP contribution in [0.1, 0.15) is 39.9 Å². The minimum absolute atomic E-state index is 0.0633. The lowest BCUT2D eigenvalue weighted by Gasteiger charge is -2.04. The van der Waals surface area contributed by atoms with Crippen LogP contribution in [0.15, 0.2) is 24.3 Å². The second kappa shape index (κ2) is 5.76. The van der Waals surface area contributed by atoms with Crippen molar-refractivity contribution in [2.75, 3.05) is 0 Å². The zero-order valence-corrected chi connectivity index (χ0v) is 11.9. The lowest BCUT2D eigenvalue weighted by molar-refractivity contribution is -0.384. The van der Waals surface area contributed by atoms with Crippen LogP contribution in [0, 0.1) is 17.0 Å². The van der Waals surface area contributed by atoms with Gasteiger partial charge in [0.1, 0.15) is 0 Å². The molecule has 0 aliphatic heterocycles. The summed E-state index contributed by atoms with van der Waals surface area (Å²) in [4.78, 5) is 33.3. The first-order valence-electron chi connectivity index (χ1n) is 6.47. The smallest absolute Gasteiger partial charge is 0.357 e. The number of nitrogens with zero attached hydrogens (tertiary/aromatic N) is 3. The maximum absolute atomic E-state index is 11.9. The summed E-state index contributed by atoms with van der Waals surface area (Å²) >= 11 is 0. The van der Waals surface area contributed by atoms with Crippen molar-refractivity contribution >= 4 is 17.4 Å². The molecular formula is C14H13N3O5. The Morgan fingerprint density at radius 3 is 2.36 bits per heavy atom. The van der Waals surface area contributed by atoms with Crippen molar-refractivity contribution in [2.45, 2.75) is 20.3 Å². The van der Waals surface area contributed by atoms with E-state index < -0.39 is 10.9 Å². The van der Waals surface area contributed by atoms with Crippen molar-refractivity contribution in [1.82, 2.24) is 9.78 Å². The number of rotatable bonds is 5. The van der Waals surface area contributed by atoms with Crippen LogP contribution in [-0.2, 0) is 0 Å². The van der Waals surface area contributed by atoms with E-state index in [4.69, 9.17) is 0 Å². The summed E-state index contributed by atoms with van der Waals surface area (Å²) in [5.41, 5.74) is 0.492. The quantitative estimate of drug-likeness (QED) is 0.515. The number of carboxylic acids is 1. The number of non-ortho nitro benzene ring substituents is 1. The number of ketones is 1. The summed E-state index contributed by atoms with van der Waals surface area (Å²) in [7, 11) is 0. The number of carboxylic acid groups (broad SMARTS) is 1. The average molecular weight is 303 g/mol. The Hall–Kier alpha value is -3.03. The summed E-state index contributed by atoms with van der Waals surface area (Å²) in [5, 5.41) is 23.8. The van der Waals surface area contributed by atoms with Gasteiger partial charge in [0.05, 0.1) is 21.9 Å². The number of Topliss-reactive ketones (excluding diaryl/α,β-unsaturated/α-hetero) is 1. The van der Waals surface area contributed by atoms with Gasteiger partial charge in [-0.15, -0.1) is 0 Å². The Balaban J connectivity index is 2.59. The number of aromatic nitrogens is 2. The Morgan fingerprint density at radius 1 is 1.32 bits per heavy atom. The third kappa shape index (κ3) is 2.58. The maximum atomic E-state index is 11.9. The van der Waals surface area contributed by atoms with Crippen molar-refractivity contribution in [1.29, 1.82) is 0 Å². The molecule has 0 bridgehead atoms. The summed E-state index contributed by atoms with van der Waals surface area (Å²) < 4.78 is 1.30. The van der Waals surface area contributed by atoms with E-state index in [-0.39, 0.29) is 29.1 Å². The fraction of sp³-hybridized carbons (Fsp3) is 0.214. The first kappa shape index (κ1) is 15.4. The van der Waals surface area contributed by atoms with Gasteiger partial charge in [-0.05, 0) is 19.1 Å². The molecule has 8 heteroatoms. The first-order chi connectivity index (χ1) is 10.4. The standard InChI is InChI=1S/C14H13N3O5/c1-3-11(18)12-8(2)16(15-13(12)14(19)20)9-4-6-10(7-5-9)17(21)22/h4-7H,3H2,1-2H3,(H,19,20). The van der Waals surface area contributed by atoms with Gasteiger partial charge in [-0.1, -0.05) is 6.92 Å². The number of benzene rings is 1. The summed E-state index contributed by atoms with van der Waals surface area (Å²) in [5.74, 6) is -1.61.